The molecule has 7 heteroatoms. The number of carbonyl (C=O) groups is 2. The number of pyridine rings is 1. The predicted molar refractivity (Wildman–Crippen MR) is 80.4 cm³/mol. The fourth-order valence-corrected chi connectivity index (χ4v) is 2.05. The molecule has 0 radical (unpaired) electrons. The summed E-state index contributed by atoms with van der Waals surface area (Å²) >= 11 is 11.6. The van der Waals surface area contributed by atoms with Crippen molar-refractivity contribution in [3.63, 3.8) is 0 Å². The number of nitrogens with one attached hydrogen (secondary N) is 1. The van der Waals surface area contributed by atoms with E-state index in [2.05, 4.69) is 10.3 Å². The van der Waals surface area contributed by atoms with Gasteiger partial charge < -0.3 is 11.1 Å². The number of primary amides is 1. The fourth-order valence-electron chi connectivity index (χ4n) is 1.70. The van der Waals surface area contributed by atoms with Crippen molar-refractivity contribution in [2.45, 2.75) is 6.54 Å². The standard InChI is InChI=1S/C14H11Cl2N3O2/c15-11-7-18-12(16)5-10(11)14(21)19-6-8-2-1-3-9(4-8)13(17)20/h1-5,7H,6H2,(H2,17,20)(H,19,21). The Kier molecular flexibility index (Phi) is 4.77. The van der Waals surface area contributed by atoms with Crippen LogP contribution in [0.3, 0.4) is 0 Å². The molecule has 0 saturated carbocycles. The smallest absolute Gasteiger partial charge is 0.253 e. The van der Waals surface area contributed by atoms with Gasteiger partial charge in [-0.25, -0.2) is 4.98 Å². The highest BCUT2D eigenvalue weighted by Crippen LogP contribution is 2.18. The molecule has 0 spiro atoms. The molecule has 0 fully saturated rings. The van der Waals surface area contributed by atoms with Crippen LogP contribution in [0, 0.1) is 0 Å². The van der Waals surface area contributed by atoms with E-state index in [1.165, 1.54) is 12.3 Å². The molecule has 0 atom stereocenters. The van der Waals surface area contributed by atoms with Crippen molar-refractivity contribution in [2.75, 3.05) is 0 Å². The van der Waals surface area contributed by atoms with Gasteiger partial charge >= 0.3 is 0 Å². The monoisotopic (exact) mass is 323 g/mol. The van der Waals surface area contributed by atoms with Crippen LogP contribution in [0.5, 0.6) is 0 Å². The van der Waals surface area contributed by atoms with E-state index in [0.29, 0.717) is 5.56 Å². The van der Waals surface area contributed by atoms with Crippen LogP contribution in [0.15, 0.2) is 36.5 Å². The normalized spacial score (nSPS) is 10.2. The van der Waals surface area contributed by atoms with Gasteiger partial charge in [-0.2, -0.15) is 0 Å². The zero-order valence-corrected chi connectivity index (χ0v) is 12.3. The second-order valence-corrected chi connectivity index (χ2v) is 5.03. The number of aromatic nitrogens is 1. The SMILES string of the molecule is NC(=O)c1cccc(CNC(=O)c2cc(Cl)ncc2Cl)c1. The Labute approximate surface area is 131 Å². The summed E-state index contributed by atoms with van der Waals surface area (Å²) in [5.74, 6) is -0.902. The molecule has 0 aliphatic heterocycles. The Morgan fingerprint density at radius 3 is 2.71 bits per heavy atom. The maximum Gasteiger partial charge on any atom is 0.253 e. The Hall–Kier alpha value is -2.11. The number of rotatable bonds is 4. The molecule has 1 heterocycles. The zero-order valence-electron chi connectivity index (χ0n) is 10.8. The molecule has 2 rings (SSSR count). The Morgan fingerprint density at radius 2 is 2.00 bits per heavy atom. The number of carbonyl (C=O) groups excluding carboxylic acids is 2. The minimum atomic E-state index is -0.521. The van der Waals surface area contributed by atoms with Crippen LogP contribution >= 0.6 is 23.2 Å². The highest BCUT2D eigenvalue weighted by atomic mass is 35.5. The molecule has 2 amide bonds. The summed E-state index contributed by atoms with van der Waals surface area (Å²) in [6.45, 7) is 0.232. The number of benzene rings is 1. The first kappa shape index (κ1) is 15.3. The van der Waals surface area contributed by atoms with E-state index >= 15 is 0 Å². The van der Waals surface area contributed by atoms with E-state index in [1.54, 1.807) is 24.3 Å². The molecule has 0 aliphatic carbocycles. The Balaban J connectivity index is 2.09. The lowest BCUT2D eigenvalue weighted by Crippen LogP contribution is -2.23. The molecule has 21 heavy (non-hydrogen) atoms. The molecule has 0 bridgehead atoms. The quantitative estimate of drug-likeness (QED) is 0.847. The van der Waals surface area contributed by atoms with Gasteiger partial charge in [0.2, 0.25) is 5.91 Å². The van der Waals surface area contributed by atoms with Crippen molar-refractivity contribution in [3.8, 4) is 0 Å². The van der Waals surface area contributed by atoms with Crippen LogP contribution in [0.1, 0.15) is 26.3 Å². The van der Waals surface area contributed by atoms with Gasteiger partial charge in [-0.1, -0.05) is 35.3 Å². The lowest BCUT2D eigenvalue weighted by molar-refractivity contribution is 0.0950. The number of halogens is 2. The second-order valence-electron chi connectivity index (χ2n) is 4.23. The minimum Gasteiger partial charge on any atom is -0.366 e. The molecule has 0 aliphatic rings. The van der Waals surface area contributed by atoms with Gasteiger partial charge in [-0.05, 0) is 23.8 Å². The summed E-state index contributed by atoms with van der Waals surface area (Å²) in [5.41, 5.74) is 6.57. The summed E-state index contributed by atoms with van der Waals surface area (Å²) in [6.07, 6.45) is 1.31. The molecule has 0 unspecified atom stereocenters. The van der Waals surface area contributed by atoms with Gasteiger partial charge in [0.1, 0.15) is 5.15 Å². The zero-order chi connectivity index (χ0) is 15.4. The second kappa shape index (κ2) is 6.56. The van der Waals surface area contributed by atoms with E-state index < -0.39 is 5.91 Å². The van der Waals surface area contributed by atoms with E-state index in [-0.39, 0.29) is 28.2 Å². The third kappa shape index (κ3) is 3.93. The van der Waals surface area contributed by atoms with E-state index in [4.69, 9.17) is 28.9 Å². The van der Waals surface area contributed by atoms with Crippen LogP contribution in [-0.4, -0.2) is 16.8 Å². The van der Waals surface area contributed by atoms with Crippen LogP contribution in [0.25, 0.3) is 0 Å². The highest BCUT2D eigenvalue weighted by Gasteiger charge is 2.11. The number of hydrogen-bond donors (Lipinski definition) is 2. The third-order valence-electron chi connectivity index (χ3n) is 2.73. The van der Waals surface area contributed by atoms with E-state index in [1.807, 2.05) is 0 Å². The van der Waals surface area contributed by atoms with Gasteiger partial charge in [0, 0.05) is 18.3 Å². The first-order valence-corrected chi connectivity index (χ1v) is 6.71. The number of hydrogen-bond acceptors (Lipinski definition) is 3. The summed E-state index contributed by atoms with van der Waals surface area (Å²) in [7, 11) is 0. The Bertz CT molecular complexity index is 704. The lowest BCUT2D eigenvalue weighted by atomic mass is 10.1. The van der Waals surface area contributed by atoms with Crippen molar-refractivity contribution >= 4 is 35.0 Å². The van der Waals surface area contributed by atoms with Gasteiger partial charge in [0.05, 0.1) is 10.6 Å². The molecule has 1 aromatic heterocycles. The van der Waals surface area contributed by atoms with Crippen LogP contribution in [0.2, 0.25) is 10.2 Å². The molecule has 0 saturated heterocycles. The van der Waals surface area contributed by atoms with Crippen molar-refractivity contribution in [2.24, 2.45) is 5.73 Å². The maximum absolute atomic E-state index is 12.0. The number of nitrogens with two attached hydrogens (primary N) is 1. The van der Waals surface area contributed by atoms with E-state index in [0.717, 1.165) is 5.56 Å². The summed E-state index contributed by atoms with van der Waals surface area (Å²) in [4.78, 5) is 26.9. The maximum atomic E-state index is 12.0. The topological polar surface area (TPSA) is 85.1 Å². The van der Waals surface area contributed by atoms with Crippen LogP contribution < -0.4 is 11.1 Å². The third-order valence-corrected chi connectivity index (χ3v) is 3.24. The van der Waals surface area contributed by atoms with E-state index in [9.17, 15) is 9.59 Å². The van der Waals surface area contributed by atoms with Gasteiger partial charge in [0.25, 0.3) is 5.91 Å². The van der Waals surface area contributed by atoms with Crippen molar-refractivity contribution < 1.29 is 9.59 Å². The molecular weight excluding hydrogens is 313 g/mol. The first-order chi connectivity index (χ1) is 9.97. The molecule has 3 N–H and O–H groups in total. The highest BCUT2D eigenvalue weighted by molar-refractivity contribution is 6.35. The number of nitrogens with zero attached hydrogens (tertiary/aromatic N) is 1. The van der Waals surface area contributed by atoms with Crippen LogP contribution in [0.4, 0.5) is 0 Å². The van der Waals surface area contributed by atoms with Crippen molar-refractivity contribution in [1.82, 2.24) is 10.3 Å². The van der Waals surface area contributed by atoms with Gasteiger partial charge in [-0.3, -0.25) is 9.59 Å². The lowest BCUT2D eigenvalue weighted by Gasteiger charge is -2.07. The largest absolute Gasteiger partial charge is 0.366 e. The van der Waals surface area contributed by atoms with Crippen molar-refractivity contribution in [1.29, 1.82) is 0 Å². The summed E-state index contributed by atoms with van der Waals surface area (Å²) < 4.78 is 0. The Morgan fingerprint density at radius 1 is 1.24 bits per heavy atom. The average Bonchev–Trinajstić information content (AvgIpc) is 2.47. The fraction of sp³-hybridized carbons (Fsp3) is 0.0714. The average molecular weight is 324 g/mol. The van der Waals surface area contributed by atoms with Crippen LogP contribution in [-0.2, 0) is 6.54 Å². The molecular formula is C14H11Cl2N3O2. The molecule has 1 aromatic carbocycles. The van der Waals surface area contributed by atoms with Gasteiger partial charge in [-0.15, -0.1) is 0 Å². The van der Waals surface area contributed by atoms with Gasteiger partial charge in [0.15, 0.2) is 0 Å². The predicted octanol–water partition coefficient (Wildman–Crippen LogP) is 2.42. The molecule has 5 nitrogen and oxygen atoms in total. The minimum absolute atomic E-state index is 0.181. The van der Waals surface area contributed by atoms with Crippen molar-refractivity contribution in [3.05, 3.63) is 63.4 Å². The summed E-state index contributed by atoms with van der Waals surface area (Å²) in [5, 5.41) is 3.08. The first-order valence-electron chi connectivity index (χ1n) is 5.95. The molecule has 108 valence electrons. The summed E-state index contributed by atoms with van der Waals surface area (Å²) in [6, 6.07) is 8.07. The number of amides is 2. The molecule has 2 aromatic rings.